The molecule has 1 aliphatic heterocycles. The second-order valence-corrected chi connectivity index (χ2v) is 6.06. The average molecular weight is 373 g/mol. The molecule has 3 rings (SSSR count). The van der Waals surface area contributed by atoms with Crippen LogP contribution in [-0.2, 0) is 9.53 Å². The number of nitrogens with zero attached hydrogens (tertiary/aromatic N) is 1. The molecule has 0 unspecified atom stereocenters. The van der Waals surface area contributed by atoms with Gasteiger partial charge in [0.1, 0.15) is 11.6 Å². The molecule has 0 aromatic heterocycles. The highest BCUT2D eigenvalue weighted by molar-refractivity contribution is 6.31. The van der Waals surface area contributed by atoms with Gasteiger partial charge in [0.25, 0.3) is 5.91 Å². The Hall–Kier alpha value is -2.93. The Bertz CT molecular complexity index is 884. The summed E-state index contributed by atoms with van der Waals surface area (Å²) in [4.78, 5) is 13.9. The lowest BCUT2D eigenvalue weighted by Crippen LogP contribution is -2.27. The van der Waals surface area contributed by atoms with Gasteiger partial charge in [-0.25, -0.2) is 8.78 Å². The standard InChI is InChI=1S/C20H21F2N3O2/c1-3-25(9-10-27-2)18-8-7-13(11-16(18)22)23-12-14-19-15(21)5-4-6-17(19)24-20(14)26/h4-8,11-12,23H,3,9-10H2,1-2H3,(H,24,26). The lowest BCUT2D eigenvalue weighted by molar-refractivity contribution is -0.110. The number of nitrogens with one attached hydrogen (secondary N) is 2. The largest absolute Gasteiger partial charge is 0.383 e. The van der Waals surface area contributed by atoms with Gasteiger partial charge in [-0.3, -0.25) is 4.79 Å². The highest BCUT2D eigenvalue weighted by Gasteiger charge is 2.27. The minimum absolute atomic E-state index is 0.169. The van der Waals surface area contributed by atoms with E-state index in [1.54, 1.807) is 25.3 Å². The van der Waals surface area contributed by atoms with Gasteiger partial charge >= 0.3 is 0 Å². The number of carbonyl (C=O) groups is 1. The molecule has 0 bridgehead atoms. The van der Waals surface area contributed by atoms with Crippen molar-refractivity contribution < 1.29 is 18.3 Å². The normalized spacial score (nSPS) is 14.2. The van der Waals surface area contributed by atoms with Gasteiger partial charge in [-0.15, -0.1) is 0 Å². The number of methoxy groups -OCH3 is 1. The zero-order valence-corrected chi connectivity index (χ0v) is 15.2. The van der Waals surface area contributed by atoms with Crippen molar-refractivity contribution in [2.24, 2.45) is 0 Å². The maximum atomic E-state index is 14.5. The molecule has 5 nitrogen and oxygen atoms in total. The SMILES string of the molecule is CCN(CCOC)c1ccc(NC=C2C(=O)Nc3cccc(F)c32)cc1F. The first-order valence-corrected chi connectivity index (χ1v) is 8.65. The maximum absolute atomic E-state index is 14.5. The van der Waals surface area contributed by atoms with Crippen LogP contribution in [0.1, 0.15) is 12.5 Å². The molecule has 1 aliphatic rings. The number of anilines is 3. The fraction of sp³-hybridized carbons (Fsp3) is 0.250. The number of rotatable bonds is 7. The molecule has 0 fully saturated rings. The average Bonchev–Trinajstić information content (AvgIpc) is 2.98. The molecular formula is C20H21F2N3O2. The van der Waals surface area contributed by atoms with Crippen LogP contribution in [0.3, 0.4) is 0 Å². The van der Waals surface area contributed by atoms with E-state index in [1.807, 2.05) is 11.8 Å². The summed E-state index contributed by atoms with van der Waals surface area (Å²) in [5.74, 6) is -1.28. The molecule has 0 radical (unpaired) electrons. The summed E-state index contributed by atoms with van der Waals surface area (Å²) < 4.78 is 33.6. The number of hydrogen-bond acceptors (Lipinski definition) is 4. The molecule has 1 heterocycles. The molecular weight excluding hydrogens is 352 g/mol. The van der Waals surface area contributed by atoms with E-state index < -0.39 is 11.7 Å². The van der Waals surface area contributed by atoms with Gasteiger partial charge in [-0.1, -0.05) is 6.07 Å². The predicted molar refractivity (Wildman–Crippen MR) is 103 cm³/mol. The Morgan fingerprint density at radius 2 is 2.04 bits per heavy atom. The van der Waals surface area contributed by atoms with Crippen LogP contribution >= 0.6 is 0 Å². The minimum Gasteiger partial charge on any atom is -0.383 e. The summed E-state index contributed by atoms with van der Waals surface area (Å²) in [6.07, 6.45) is 1.39. The van der Waals surface area contributed by atoms with Gasteiger partial charge < -0.3 is 20.3 Å². The minimum atomic E-state index is -0.489. The zero-order chi connectivity index (χ0) is 19.4. The Morgan fingerprint density at radius 1 is 1.22 bits per heavy atom. The highest BCUT2D eigenvalue weighted by Crippen LogP contribution is 2.33. The van der Waals surface area contributed by atoms with Gasteiger partial charge in [0, 0.05) is 37.7 Å². The van der Waals surface area contributed by atoms with Crippen molar-refractivity contribution in [3.63, 3.8) is 0 Å². The van der Waals surface area contributed by atoms with Crippen LogP contribution in [0.4, 0.5) is 25.8 Å². The first kappa shape index (κ1) is 18.8. The first-order valence-electron chi connectivity index (χ1n) is 8.65. The first-order chi connectivity index (χ1) is 13.0. The Balaban J connectivity index is 1.81. The Labute approximate surface area is 156 Å². The Kier molecular flexibility index (Phi) is 5.71. The third-order valence-electron chi connectivity index (χ3n) is 4.39. The smallest absolute Gasteiger partial charge is 0.257 e. The molecule has 2 N–H and O–H groups in total. The van der Waals surface area contributed by atoms with Crippen molar-refractivity contribution in [3.8, 4) is 0 Å². The van der Waals surface area contributed by atoms with Gasteiger partial charge in [0.05, 0.1) is 23.6 Å². The number of fused-ring (bicyclic) bond motifs is 1. The summed E-state index contributed by atoms with van der Waals surface area (Å²) in [5, 5.41) is 5.49. The molecule has 142 valence electrons. The zero-order valence-electron chi connectivity index (χ0n) is 15.2. The van der Waals surface area contributed by atoms with E-state index >= 15 is 0 Å². The lowest BCUT2D eigenvalue weighted by Gasteiger charge is -2.23. The van der Waals surface area contributed by atoms with Crippen LogP contribution < -0.4 is 15.5 Å². The van der Waals surface area contributed by atoms with Crippen LogP contribution in [0.2, 0.25) is 0 Å². The molecule has 2 aromatic carbocycles. The molecule has 1 amide bonds. The van der Waals surface area contributed by atoms with Gasteiger partial charge in [0.15, 0.2) is 0 Å². The molecule has 7 heteroatoms. The quantitative estimate of drug-likeness (QED) is 0.724. The van der Waals surface area contributed by atoms with Crippen molar-refractivity contribution in [3.05, 3.63) is 59.8 Å². The molecule has 0 spiro atoms. The third-order valence-corrected chi connectivity index (χ3v) is 4.39. The summed E-state index contributed by atoms with van der Waals surface area (Å²) >= 11 is 0. The summed E-state index contributed by atoms with van der Waals surface area (Å²) in [5.41, 5.74) is 1.74. The number of benzene rings is 2. The molecule has 0 aliphatic carbocycles. The number of hydrogen-bond donors (Lipinski definition) is 2. The second kappa shape index (κ2) is 8.18. The van der Waals surface area contributed by atoms with E-state index in [0.717, 1.165) is 0 Å². The molecule has 0 saturated carbocycles. The summed E-state index contributed by atoms with van der Waals surface area (Å²) in [6, 6.07) is 9.17. The van der Waals surface area contributed by atoms with Crippen molar-refractivity contribution in [1.29, 1.82) is 0 Å². The Morgan fingerprint density at radius 3 is 2.74 bits per heavy atom. The number of likely N-dealkylation sites (N-methyl/N-ethyl adjacent to an activating group) is 1. The van der Waals surface area contributed by atoms with Crippen molar-refractivity contribution >= 4 is 28.5 Å². The van der Waals surface area contributed by atoms with Gasteiger partial charge in [-0.2, -0.15) is 0 Å². The summed E-state index contributed by atoms with van der Waals surface area (Å²) in [6.45, 7) is 3.67. The van der Waals surface area contributed by atoms with Crippen LogP contribution in [0.5, 0.6) is 0 Å². The van der Waals surface area contributed by atoms with E-state index in [4.69, 9.17) is 4.74 Å². The van der Waals surface area contributed by atoms with E-state index in [2.05, 4.69) is 10.6 Å². The molecule has 0 saturated heterocycles. The number of halogens is 2. The molecule has 27 heavy (non-hydrogen) atoms. The van der Waals surface area contributed by atoms with Crippen molar-refractivity contribution in [2.75, 3.05) is 42.3 Å². The van der Waals surface area contributed by atoms with Gasteiger partial charge in [0.2, 0.25) is 0 Å². The monoisotopic (exact) mass is 373 g/mol. The van der Waals surface area contributed by atoms with Crippen molar-refractivity contribution in [1.82, 2.24) is 0 Å². The van der Waals surface area contributed by atoms with Gasteiger partial charge in [-0.05, 0) is 37.3 Å². The fourth-order valence-electron chi connectivity index (χ4n) is 3.00. The number of ether oxygens (including phenoxy) is 1. The van der Waals surface area contributed by atoms with E-state index in [9.17, 15) is 13.6 Å². The summed E-state index contributed by atoms with van der Waals surface area (Å²) in [7, 11) is 1.60. The molecule has 2 aromatic rings. The van der Waals surface area contributed by atoms with Crippen LogP contribution in [0.15, 0.2) is 42.6 Å². The maximum Gasteiger partial charge on any atom is 0.257 e. The second-order valence-electron chi connectivity index (χ2n) is 6.06. The molecule has 0 atom stereocenters. The van der Waals surface area contributed by atoms with Crippen molar-refractivity contribution in [2.45, 2.75) is 6.92 Å². The highest BCUT2D eigenvalue weighted by atomic mass is 19.1. The topological polar surface area (TPSA) is 53.6 Å². The third kappa shape index (κ3) is 3.93. The van der Waals surface area contributed by atoms with Crippen LogP contribution in [0.25, 0.3) is 5.57 Å². The van der Waals surface area contributed by atoms with Crippen LogP contribution in [0, 0.1) is 11.6 Å². The predicted octanol–water partition coefficient (Wildman–Crippen LogP) is 3.84. The van der Waals surface area contributed by atoms with E-state index in [-0.39, 0.29) is 17.0 Å². The fourth-order valence-corrected chi connectivity index (χ4v) is 3.00. The number of amides is 1. The van der Waals surface area contributed by atoms with E-state index in [1.165, 1.54) is 24.4 Å². The van der Waals surface area contributed by atoms with E-state index in [0.29, 0.717) is 36.8 Å². The lowest BCUT2D eigenvalue weighted by atomic mass is 10.1. The number of carbonyl (C=O) groups excluding carboxylic acids is 1. The van der Waals surface area contributed by atoms with Crippen LogP contribution in [-0.4, -0.2) is 32.7 Å².